The second kappa shape index (κ2) is 4.88. The number of hydrogen-bond donors (Lipinski definition) is 1. The van der Waals surface area contributed by atoms with E-state index in [0.29, 0.717) is 5.02 Å². The number of nitrogens with zero attached hydrogens (tertiary/aromatic N) is 1. The first kappa shape index (κ1) is 11.5. The number of carboxylic acids is 1. The van der Waals surface area contributed by atoms with E-state index in [0.717, 1.165) is 5.56 Å². The van der Waals surface area contributed by atoms with Crippen LogP contribution in [0.1, 0.15) is 16.1 Å². The normalized spacial score (nSPS) is 10.2. The van der Waals surface area contributed by atoms with Crippen molar-refractivity contribution in [1.82, 2.24) is 5.16 Å². The molecule has 1 aromatic carbocycles. The summed E-state index contributed by atoms with van der Waals surface area (Å²) in [5.74, 6) is -1.34. The monoisotopic (exact) mass is 253 g/mol. The van der Waals surface area contributed by atoms with Crippen LogP contribution in [0.15, 0.2) is 34.9 Å². The number of benzene rings is 1. The zero-order chi connectivity index (χ0) is 12.3. The summed E-state index contributed by atoms with van der Waals surface area (Å²) in [6.45, 7) is 0.200. The van der Waals surface area contributed by atoms with Gasteiger partial charge in [-0.3, -0.25) is 0 Å². The molecule has 5 nitrogen and oxygen atoms in total. The van der Waals surface area contributed by atoms with Crippen LogP contribution >= 0.6 is 11.6 Å². The third-order valence-corrected chi connectivity index (χ3v) is 2.40. The largest absolute Gasteiger partial charge is 0.475 e. The van der Waals surface area contributed by atoms with Crippen LogP contribution in [0.25, 0.3) is 0 Å². The molecule has 0 spiro atoms. The van der Waals surface area contributed by atoms with Crippen molar-refractivity contribution in [2.24, 2.45) is 0 Å². The Morgan fingerprint density at radius 2 is 2.24 bits per heavy atom. The molecule has 0 aliphatic heterocycles. The highest BCUT2D eigenvalue weighted by Crippen LogP contribution is 2.18. The van der Waals surface area contributed by atoms with Gasteiger partial charge >= 0.3 is 5.97 Å². The minimum atomic E-state index is -1.19. The van der Waals surface area contributed by atoms with Crippen molar-refractivity contribution >= 4 is 17.6 Å². The van der Waals surface area contributed by atoms with Crippen molar-refractivity contribution in [3.05, 3.63) is 46.7 Å². The van der Waals surface area contributed by atoms with Crippen LogP contribution < -0.4 is 4.74 Å². The first-order valence-electron chi connectivity index (χ1n) is 4.73. The number of rotatable bonds is 4. The second-order valence-corrected chi connectivity index (χ2v) is 3.62. The van der Waals surface area contributed by atoms with Crippen molar-refractivity contribution in [3.8, 4) is 5.88 Å². The molecule has 0 unspecified atom stereocenters. The molecule has 2 rings (SSSR count). The molecule has 88 valence electrons. The summed E-state index contributed by atoms with van der Waals surface area (Å²) < 4.78 is 9.79. The summed E-state index contributed by atoms with van der Waals surface area (Å²) in [4.78, 5) is 10.5. The molecule has 0 atom stereocenters. The summed E-state index contributed by atoms with van der Waals surface area (Å²) in [7, 11) is 0. The SMILES string of the molecule is O=C(O)c1cc(OCc2ccccc2Cl)no1. The minimum Gasteiger partial charge on any atom is -0.475 e. The van der Waals surface area contributed by atoms with Gasteiger partial charge in [0, 0.05) is 10.6 Å². The molecule has 0 fully saturated rings. The fourth-order valence-corrected chi connectivity index (χ4v) is 1.39. The van der Waals surface area contributed by atoms with E-state index in [1.165, 1.54) is 6.07 Å². The zero-order valence-electron chi connectivity index (χ0n) is 8.59. The number of aromatic nitrogens is 1. The number of hydrogen-bond acceptors (Lipinski definition) is 4. The molecular formula is C11H8ClNO4. The van der Waals surface area contributed by atoms with E-state index in [4.69, 9.17) is 21.4 Å². The summed E-state index contributed by atoms with van der Waals surface area (Å²) in [6.07, 6.45) is 0. The Labute approximate surface area is 102 Å². The molecule has 17 heavy (non-hydrogen) atoms. The highest BCUT2D eigenvalue weighted by molar-refractivity contribution is 6.31. The summed E-state index contributed by atoms with van der Waals surface area (Å²) in [6, 6.07) is 8.39. The quantitative estimate of drug-likeness (QED) is 0.907. The van der Waals surface area contributed by atoms with E-state index in [1.807, 2.05) is 12.1 Å². The Kier molecular flexibility index (Phi) is 3.30. The Bertz CT molecular complexity index is 538. The van der Waals surface area contributed by atoms with E-state index < -0.39 is 5.97 Å². The lowest BCUT2D eigenvalue weighted by molar-refractivity contribution is 0.0651. The highest BCUT2D eigenvalue weighted by Gasteiger charge is 2.12. The van der Waals surface area contributed by atoms with Crippen molar-refractivity contribution in [2.75, 3.05) is 0 Å². The smallest absolute Gasteiger partial charge is 0.374 e. The summed E-state index contributed by atoms with van der Waals surface area (Å²) >= 11 is 5.93. The van der Waals surface area contributed by atoms with E-state index in [9.17, 15) is 4.79 Å². The van der Waals surface area contributed by atoms with Gasteiger partial charge in [-0.25, -0.2) is 4.79 Å². The maximum atomic E-state index is 10.5. The molecule has 1 N–H and O–H groups in total. The van der Waals surface area contributed by atoms with Crippen LogP contribution in [0.3, 0.4) is 0 Å². The van der Waals surface area contributed by atoms with Gasteiger partial charge in [0.1, 0.15) is 6.61 Å². The molecule has 2 aromatic rings. The van der Waals surface area contributed by atoms with Gasteiger partial charge in [0.2, 0.25) is 5.76 Å². The number of aromatic carboxylic acids is 1. The van der Waals surface area contributed by atoms with Crippen molar-refractivity contribution in [3.63, 3.8) is 0 Å². The minimum absolute atomic E-state index is 0.113. The maximum Gasteiger partial charge on any atom is 0.374 e. The average molecular weight is 254 g/mol. The van der Waals surface area contributed by atoms with Crippen LogP contribution in [0.2, 0.25) is 5.02 Å². The molecule has 0 amide bonds. The highest BCUT2D eigenvalue weighted by atomic mass is 35.5. The summed E-state index contributed by atoms with van der Waals surface area (Å²) in [5.41, 5.74) is 0.786. The standard InChI is InChI=1S/C11H8ClNO4/c12-8-4-2-1-3-7(8)6-16-10-5-9(11(14)15)17-13-10/h1-5H,6H2,(H,14,15). The first-order valence-corrected chi connectivity index (χ1v) is 5.11. The zero-order valence-corrected chi connectivity index (χ0v) is 9.35. The van der Waals surface area contributed by atoms with Gasteiger partial charge in [0.15, 0.2) is 0 Å². The van der Waals surface area contributed by atoms with Crippen LogP contribution in [0.4, 0.5) is 0 Å². The molecule has 0 saturated heterocycles. The number of carbonyl (C=O) groups is 1. The van der Waals surface area contributed by atoms with Crippen LogP contribution in [0, 0.1) is 0 Å². The molecule has 0 aliphatic carbocycles. The Hall–Kier alpha value is -2.01. The van der Waals surface area contributed by atoms with E-state index in [2.05, 4.69) is 9.68 Å². The Morgan fingerprint density at radius 1 is 1.47 bits per heavy atom. The van der Waals surface area contributed by atoms with Gasteiger partial charge < -0.3 is 14.4 Å². The van der Waals surface area contributed by atoms with Crippen LogP contribution in [-0.4, -0.2) is 16.2 Å². The third-order valence-electron chi connectivity index (χ3n) is 2.03. The summed E-state index contributed by atoms with van der Waals surface area (Å²) in [5, 5.41) is 12.7. The molecule has 0 saturated carbocycles. The van der Waals surface area contributed by atoms with Gasteiger partial charge in [0.25, 0.3) is 5.88 Å². The topological polar surface area (TPSA) is 72.6 Å². The molecule has 0 bridgehead atoms. The lowest BCUT2D eigenvalue weighted by atomic mass is 10.2. The molecule has 1 heterocycles. The van der Waals surface area contributed by atoms with E-state index in [1.54, 1.807) is 12.1 Å². The predicted octanol–water partition coefficient (Wildman–Crippen LogP) is 2.61. The van der Waals surface area contributed by atoms with Crippen molar-refractivity contribution in [2.45, 2.75) is 6.61 Å². The Morgan fingerprint density at radius 3 is 2.88 bits per heavy atom. The number of ether oxygens (including phenoxy) is 1. The van der Waals surface area contributed by atoms with Crippen molar-refractivity contribution in [1.29, 1.82) is 0 Å². The number of carboxylic acid groups (broad SMARTS) is 1. The maximum absolute atomic E-state index is 10.5. The van der Waals surface area contributed by atoms with Gasteiger partial charge in [-0.2, -0.15) is 0 Å². The van der Waals surface area contributed by atoms with Gasteiger partial charge in [-0.15, -0.1) is 0 Å². The van der Waals surface area contributed by atoms with Gasteiger partial charge in [-0.05, 0) is 11.2 Å². The van der Waals surface area contributed by atoms with Crippen LogP contribution in [-0.2, 0) is 6.61 Å². The Balaban J connectivity index is 2.02. The van der Waals surface area contributed by atoms with Gasteiger partial charge in [0.05, 0.1) is 6.07 Å². The predicted molar refractivity (Wildman–Crippen MR) is 59.2 cm³/mol. The van der Waals surface area contributed by atoms with E-state index >= 15 is 0 Å². The molecule has 6 heteroatoms. The third kappa shape index (κ3) is 2.76. The molecular weight excluding hydrogens is 246 g/mol. The van der Waals surface area contributed by atoms with Crippen LogP contribution in [0.5, 0.6) is 5.88 Å². The molecule has 1 aromatic heterocycles. The fourth-order valence-electron chi connectivity index (χ4n) is 1.19. The molecule has 0 aliphatic rings. The lowest BCUT2D eigenvalue weighted by Crippen LogP contribution is -1.96. The van der Waals surface area contributed by atoms with Gasteiger partial charge in [-0.1, -0.05) is 29.8 Å². The second-order valence-electron chi connectivity index (χ2n) is 3.21. The lowest BCUT2D eigenvalue weighted by Gasteiger charge is -2.03. The van der Waals surface area contributed by atoms with E-state index in [-0.39, 0.29) is 18.2 Å². The molecule has 0 radical (unpaired) electrons. The number of halogens is 1. The van der Waals surface area contributed by atoms with Crippen molar-refractivity contribution < 1.29 is 19.2 Å². The first-order chi connectivity index (χ1) is 8.16. The fraction of sp³-hybridized carbons (Fsp3) is 0.0909. The average Bonchev–Trinajstić information content (AvgIpc) is 2.77.